The minimum absolute atomic E-state index is 0.0135. The van der Waals surface area contributed by atoms with Crippen molar-refractivity contribution in [2.24, 2.45) is 40.2 Å². The molecule has 2 aromatic rings. The summed E-state index contributed by atoms with van der Waals surface area (Å²) in [6, 6.07) is 19.3. The topological polar surface area (TPSA) is 114 Å². The Bertz CT molecular complexity index is 1370. The van der Waals surface area contributed by atoms with Gasteiger partial charge in [0.15, 0.2) is 0 Å². The average molecular weight is 727 g/mol. The van der Waals surface area contributed by atoms with Crippen LogP contribution in [0.3, 0.4) is 0 Å². The molecule has 1 aliphatic carbocycles. The van der Waals surface area contributed by atoms with Crippen molar-refractivity contribution in [1.29, 1.82) is 0 Å². The summed E-state index contributed by atoms with van der Waals surface area (Å²) in [7, 11) is 1.36. The van der Waals surface area contributed by atoms with Crippen LogP contribution in [0.5, 0.6) is 0 Å². The van der Waals surface area contributed by atoms with Crippen LogP contribution in [0.25, 0.3) is 0 Å². The number of likely N-dealkylation sites (tertiary alicyclic amines) is 1. The van der Waals surface area contributed by atoms with Crippen LogP contribution in [-0.2, 0) is 25.8 Å². The molecule has 3 amide bonds. The first-order chi connectivity index (χ1) is 23.5. The van der Waals surface area contributed by atoms with Gasteiger partial charge in [0.25, 0.3) is 0 Å². The van der Waals surface area contributed by atoms with Gasteiger partial charge in [0.05, 0.1) is 7.11 Å². The van der Waals surface area contributed by atoms with Crippen molar-refractivity contribution in [3.63, 3.8) is 0 Å². The Kier molecular flexibility index (Phi) is 15.6. The molecular formula is C40H62N4O4S2. The van der Waals surface area contributed by atoms with Crippen molar-refractivity contribution >= 4 is 41.4 Å². The van der Waals surface area contributed by atoms with E-state index in [9.17, 15) is 14.4 Å². The first-order valence-corrected chi connectivity index (χ1v) is 20.2. The second-order valence-electron chi connectivity index (χ2n) is 16.1. The number of hydrogen-bond acceptors (Lipinski definition) is 7. The third-order valence-electron chi connectivity index (χ3n) is 10.1. The fraction of sp³-hybridized carbons (Fsp3) is 0.625. The fourth-order valence-electron chi connectivity index (χ4n) is 6.42. The summed E-state index contributed by atoms with van der Waals surface area (Å²) in [5, 5.41) is 6.05. The van der Waals surface area contributed by atoms with Crippen molar-refractivity contribution in [2.75, 3.05) is 25.2 Å². The molecule has 1 heterocycles. The van der Waals surface area contributed by atoms with Crippen molar-refractivity contribution < 1.29 is 19.1 Å². The summed E-state index contributed by atoms with van der Waals surface area (Å²) < 4.78 is 5.07. The molecule has 8 nitrogen and oxygen atoms in total. The van der Waals surface area contributed by atoms with Crippen LogP contribution >= 0.6 is 23.5 Å². The minimum atomic E-state index is -0.768. The van der Waals surface area contributed by atoms with Crippen molar-refractivity contribution in [1.82, 2.24) is 15.5 Å². The van der Waals surface area contributed by atoms with Gasteiger partial charge in [0.1, 0.15) is 12.1 Å². The van der Waals surface area contributed by atoms with E-state index in [1.807, 2.05) is 56.8 Å². The van der Waals surface area contributed by atoms with E-state index in [2.05, 4.69) is 88.6 Å². The highest BCUT2D eigenvalue weighted by Gasteiger charge is 2.70. The average Bonchev–Trinajstić information content (AvgIpc) is 3.37. The number of nitrogens with two attached hydrogens (primary N) is 1. The van der Waals surface area contributed by atoms with Crippen molar-refractivity contribution in [3.8, 4) is 0 Å². The quantitative estimate of drug-likeness (QED) is 0.176. The molecule has 0 spiro atoms. The van der Waals surface area contributed by atoms with E-state index >= 15 is 0 Å². The lowest BCUT2D eigenvalue weighted by Gasteiger charge is -2.37. The predicted octanol–water partition coefficient (Wildman–Crippen LogP) is 7.22. The lowest BCUT2D eigenvalue weighted by atomic mass is 9.85. The maximum Gasteiger partial charge on any atom is 0.328 e. The van der Waals surface area contributed by atoms with Crippen LogP contribution in [0.1, 0.15) is 73.4 Å². The monoisotopic (exact) mass is 726 g/mol. The first-order valence-electron chi connectivity index (χ1n) is 17.9. The molecule has 4 N–H and O–H groups in total. The number of thioether (sulfide) groups is 2. The van der Waals surface area contributed by atoms with Crippen molar-refractivity contribution in [3.05, 3.63) is 71.8 Å². The number of benzene rings is 2. The van der Waals surface area contributed by atoms with E-state index in [1.165, 1.54) is 18.2 Å². The number of nitrogens with zero attached hydrogens (tertiary/aromatic N) is 1. The molecule has 6 atom stereocenters. The lowest BCUT2D eigenvalue weighted by molar-refractivity contribution is -0.154. The van der Waals surface area contributed by atoms with E-state index in [4.69, 9.17) is 10.5 Å². The van der Waals surface area contributed by atoms with Crippen LogP contribution in [-0.4, -0.2) is 72.1 Å². The van der Waals surface area contributed by atoms with Gasteiger partial charge in [-0.25, -0.2) is 9.59 Å². The zero-order chi connectivity index (χ0) is 37.2. The Balaban J connectivity index is 0.000000403. The minimum Gasteiger partial charge on any atom is -0.467 e. The Hall–Kier alpha value is -2.69. The highest BCUT2D eigenvalue weighted by molar-refractivity contribution is 7.98. The van der Waals surface area contributed by atoms with Gasteiger partial charge in [-0.15, -0.1) is 0 Å². The summed E-state index contributed by atoms with van der Waals surface area (Å²) in [6.07, 6.45) is 0. The third kappa shape index (κ3) is 11.7. The van der Waals surface area contributed by atoms with Crippen LogP contribution in [0.2, 0.25) is 0 Å². The number of methoxy groups -OCH3 is 1. The maximum atomic E-state index is 13.8. The largest absolute Gasteiger partial charge is 0.467 e. The Labute approximate surface area is 310 Å². The summed E-state index contributed by atoms with van der Waals surface area (Å²) in [6.45, 7) is 19.1. The van der Waals surface area contributed by atoms with E-state index in [-0.39, 0.29) is 47.1 Å². The standard InChI is InChI=1S/C28H43N3O4S.C12H19NS/c1-17(2)20(16-36-15-18-12-10-9-11-13-18)29-26(34)30-23(27(3,4)5)24(32)31-14-19-21(28(19,6)7)22(31)25(33)35-8;1-10(2)12(13)9-14-8-11-6-4-3-5-7-11/h9-13,17,19-23H,14-16H2,1-8H3,(H2,29,30,34);3-7,10,12H,8-9,13H2,1-2H3/t19-,20+,21-,22-,23+;12-/m01/s1. The van der Waals surface area contributed by atoms with E-state index in [0.29, 0.717) is 18.5 Å². The van der Waals surface area contributed by atoms with Crippen LogP contribution in [0, 0.1) is 34.5 Å². The molecule has 0 radical (unpaired) electrons. The van der Waals surface area contributed by atoms with E-state index < -0.39 is 17.5 Å². The van der Waals surface area contributed by atoms with Gasteiger partial charge >= 0.3 is 12.0 Å². The summed E-state index contributed by atoms with van der Waals surface area (Å²) in [4.78, 5) is 41.2. The zero-order valence-corrected chi connectivity index (χ0v) is 33.5. The Morgan fingerprint density at radius 1 is 0.880 bits per heavy atom. The molecule has 0 aromatic heterocycles. The van der Waals surface area contributed by atoms with Crippen molar-refractivity contribution in [2.45, 2.75) is 98.0 Å². The maximum absolute atomic E-state index is 13.8. The molecule has 278 valence electrons. The highest BCUT2D eigenvalue weighted by atomic mass is 32.2. The summed E-state index contributed by atoms with van der Waals surface area (Å²) in [5.74, 6) is 4.33. The van der Waals surface area contributed by atoms with Gasteiger partial charge < -0.3 is 26.0 Å². The molecule has 2 aliphatic rings. The van der Waals surface area contributed by atoms with Crippen LogP contribution < -0.4 is 16.4 Å². The molecule has 10 heteroatoms. The van der Waals surface area contributed by atoms with E-state index in [0.717, 1.165) is 23.0 Å². The van der Waals surface area contributed by atoms with Gasteiger partial charge in [-0.05, 0) is 39.7 Å². The Morgan fingerprint density at radius 3 is 1.86 bits per heavy atom. The molecule has 2 aromatic carbocycles. The number of esters is 1. The number of nitrogens with one attached hydrogen (secondary N) is 2. The first kappa shape index (κ1) is 41.7. The summed E-state index contributed by atoms with van der Waals surface area (Å²) in [5.41, 5.74) is 8.07. The number of rotatable bonds is 14. The zero-order valence-electron chi connectivity index (χ0n) is 31.9. The lowest BCUT2D eigenvalue weighted by Crippen LogP contribution is -2.60. The molecule has 0 bridgehead atoms. The SMILES string of the molecule is CC(C)[C@H](N)CSCc1ccccc1.COC(=O)[C@@H]1[C@@H]2[C@H](CN1C(=O)[C@@H](NC(=O)N[C@H](CSCc1ccccc1)C(C)C)C(C)(C)C)C2(C)C. The van der Waals surface area contributed by atoms with E-state index in [1.54, 1.807) is 16.7 Å². The molecule has 50 heavy (non-hydrogen) atoms. The van der Waals surface area contributed by atoms with Gasteiger partial charge in [0, 0.05) is 47.6 Å². The third-order valence-corrected chi connectivity index (χ3v) is 12.4. The Morgan fingerprint density at radius 2 is 1.40 bits per heavy atom. The van der Waals surface area contributed by atoms with Gasteiger partial charge in [-0.2, -0.15) is 23.5 Å². The predicted molar refractivity (Wildman–Crippen MR) is 210 cm³/mol. The fourth-order valence-corrected chi connectivity index (χ4v) is 8.89. The summed E-state index contributed by atoms with van der Waals surface area (Å²) >= 11 is 3.70. The van der Waals surface area contributed by atoms with Crippen LogP contribution in [0.4, 0.5) is 4.79 Å². The smallest absolute Gasteiger partial charge is 0.328 e. The van der Waals surface area contributed by atoms with Gasteiger partial charge in [-0.3, -0.25) is 4.79 Å². The molecule has 1 saturated carbocycles. The number of carbonyl (C=O) groups excluding carboxylic acids is 3. The number of urea groups is 1. The number of hydrogen-bond donors (Lipinski definition) is 3. The normalized spacial score (nSPS) is 21.0. The molecule has 1 saturated heterocycles. The molecule has 1 aliphatic heterocycles. The van der Waals surface area contributed by atoms with Crippen LogP contribution in [0.15, 0.2) is 60.7 Å². The number of piperidine rings is 1. The molecular weight excluding hydrogens is 665 g/mol. The number of fused-ring (bicyclic) bond motifs is 1. The molecule has 4 rings (SSSR count). The molecule has 0 unspecified atom stereocenters. The van der Waals surface area contributed by atoms with Gasteiger partial charge in [-0.1, -0.05) is 123 Å². The molecule has 2 fully saturated rings. The second-order valence-corrected chi connectivity index (χ2v) is 18.1. The van der Waals surface area contributed by atoms with Gasteiger partial charge in [0.2, 0.25) is 5.91 Å². The second kappa shape index (κ2) is 18.7. The number of carbonyl (C=O) groups is 3. The number of ether oxygens (including phenoxy) is 1. The highest BCUT2D eigenvalue weighted by Crippen LogP contribution is 2.65. The number of amides is 3.